The lowest BCUT2D eigenvalue weighted by Gasteiger charge is -2.48. The molecule has 1 aliphatic heterocycles. The molecule has 0 aromatic carbocycles. The van der Waals surface area contributed by atoms with Crippen LogP contribution >= 0.6 is 11.6 Å². The molecule has 190 valence electrons. The first-order chi connectivity index (χ1) is 15.7. The summed E-state index contributed by atoms with van der Waals surface area (Å²) in [6, 6.07) is -0.801. The van der Waals surface area contributed by atoms with Gasteiger partial charge in [-0.3, -0.25) is 4.79 Å². The fraction of sp³-hybridized carbons (Fsp3) is 0.955. The molecule has 7 nitrogen and oxygen atoms in total. The minimum atomic E-state index is -3.73. The van der Waals surface area contributed by atoms with Gasteiger partial charge in [0.15, 0.2) is 0 Å². The SMILES string of the molecule is O=C(NC1CCC2O[C@H](CO)CN(S(=O)(=O)C3CCC(F)CC3)C2C1)C1C(F)CCCC1Cl. The molecule has 0 aromatic heterocycles. The zero-order chi connectivity index (χ0) is 23.8. The third kappa shape index (κ3) is 5.50. The van der Waals surface area contributed by atoms with Crippen LogP contribution in [0.4, 0.5) is 8.78 Å². The standard InChI is InChI=1S/C22H35ClF2N2O5S/c23-17-2-1-3-18(25)21(17)22(29)26-14-6-9-20-19(10-14)27(11-15(12-28)32-20)33(30,31)16-7-4-13(24)5-8-16/h13-21,28H,1-12H2,(H,26,29)/t13?,14?,15-,16?,17?,18?,19?,20?,21?/m0/s1. The van der Waals surface area contributed by atoms with Crippen molar-refractivity contribution in [1.29, 1.82) is 0 Å². The van der Waals surface area contributed by atoms with Gasteiger partial charge in [-0.25, -0.2) is 17.2 Å². The molecule has 3 saturated carbocycles. The predicted octanol–water partition coefficient (Wildman–Crippen LogP) is 2.44. The average Bonchev–Trinajstić information content (AvgIpc) is 2.78. The number of hydrogen-bond donors (Lipinski definition) is 2. The second-order valence-corrected chi connectivity index (χ2v) is 12.8. The highest BCUT2D eigenvalue weighted by molar-refractivity contribution is 7.89. The zero-order valence-electron chi connectivity index (χ0n) is 18.8. The van der Waals surface area contributed by atoms with Crippen molar-refractivity contribution >= 4 is 27.5 Å². The maximum absolute atomic E-state index is 14.4. The monoisotopic (exact) mass is 512 g/mol. The zero-order valence-corrected chi connectivity index (χ0v) is 20.3. The molecule has 4 fully saturated rings. The Balaban J connectivity index is 1.47. The molecule has 1 saturated heterocycles. The van der Waals surface area contributed by atoms with Crippen molar-refractivity contribution in [2.45, 2.75) is 111 Å². The number of morpholine rings is 1. The van der Waals surface area contributed by atoms with E-state index in [-0.39, 0.29) is 51.0 Å². The largest absolute Gasteiger partial charge is 0.394 e. The lowest BCUT2D eigenvalue weighted by atomic mass is 9.84. The Bertz CT molecular complexity index is 788. The van der Waals surface area contributed by atoms with Crippen LogP contribution in [-0.4, -0.2) is 84.2 Å². The number of rotatable bonds is 5. The van der Waals surface area contributed by atoms with Crippen molar-refractivity contribution in [2.24, 2.45) is 5.92 Å². The number of aliphatic hydroxyl groups excluding tert-OH is 1. The molecule has 0 spiro atoms. The summed E-state index contributed by atoms with van der Waals surface area (Å²) in [7, 11) is -3.73. The van der Waals surface area contributed by atoms with Crippen LogP contribution in [0.15, 0.2) is 0 Å². The van der Waals surface area contributed by atoms with Gasteiger partial charge in [-0.2, -0.15) is 4.31 Å². The van der Waals surface area contributed by atoms with Crippen LogP contribution in [0, 0.1) is 5.92 Å². The molecule has 0 aromatic rings. The lowest BCUT2D eigenvalue weighted by Crippen LogP contribution is -2.63. The second-order valence-electron chi connectivity index (χ2n) is 10.0. The number of sulfonamides is 1. The number of alkyl halides is 3. The highest BCUT2D eigenvalue weighted by atomic mass is 35.5. The van der Waals surface area contributed by atoms with Gasteiger partial charge in [0.1, 0.15) is 12.3 Å². The Morgan fingerprint density at radius 3 is 2.48 bits per heavy atom. The summed E-state index contributed by atoms with van der Waals surface area (Å²) < 4.78 is 62.5. The molecule has 7 atom stereocenters. The minimum absolute atomic E-state index is 0.0369. The van der Waals surface area contributed by atoms with Gasteiger partial charge in [-0.1, -0.05) is 0 Å². The summed E-state index contributed by atoms with van der Waals surface area (Å²) in [5.41, 5.74) is 0. The average molecular weight is 513 g/mol. The predicted molar refractivity (Wildman–Crippen MR) is 120 cm³/mol. The van der Waals surface area contributed by atoms with E-state index in [0.29, 0.717) is 38.5 Å². The first-order valence-corrected chi connectivity index (χ1v) is 14.1. The van der Waals surface area contributed by atoms with E-state index in [2.05, 4.69) is 5.32 Å². The van der Waals surface area contributed by atoms with Crippen LogP contribution in [0.2, 0.25) is 0 Å². The molecule has 2 N–H and O–H groups in total. The van der Waals surface area contributed by atoms with Gasteiger partial charge in [-0.15, -0.1) is 11.6 Å². The Kier molecular flexibility index (Phi) is 8.20. The van der Waals surface area contributed by atoms with Crippen molar-refractivity contribution in [3.63, 3.8) is 0 Å². The van der Waals surface area contributed by atoms with Gasteiger partial charge in [0, 0.05) is 18.0 Å². The minimum Gasteiger partial charge on any atom is -0.394 e. The molecule has 3 aliphatic carbocycles. The lowest BCUT2D eigenvalue weighted by molar-refractivity contribution is -0.135. The summed E-state index contributed by atoms with van der Waals surface area (Å²) in [4.78, 5) is 12.8. The quantitative estimate of drug-likeness (QED) is 0.552. The number of nitrogens with zero attached hydrogens (tertiary/aromatic N) is 1. The van der Waals surface area contributed by atoms with Crippen LogP contribution in [0.1, 0.15) is 64.2 Å². The van der Waals surface area contributed by atoms with Crippen LogP contribution in [-0.2, 0) is 19.6 Å². The molecule has 1 amide bonds. The number of fused-ring (bicyclic) bond motifs is 1. The van der Waals surface area contributed by atoms with E-state index in [0.717, 1.165) is 0 Å². The van der Waals surface area contributed by atoms with Gasteiger partial charge in [-0.05, 0) is 64.2 Å². The molecule has 0 radical (unpaired) electrons. The van der Waals surface area contributed by atoms with Crippen molar-refractivity contribution in [2.75, 3.05) is 13.2 Å². The summed E-state index contributed by atoms with van der Waals surface area (Å²) >= 11 is 6.25. The number of carbonyl (C=O) groups excluding carboxylic acids is 1. The third-order valence-electron chi connectivity index (χ3n) is 7.82. The van der Waals surface area contributed by atoms with Crippen molar-refractivity contribution in [3.8, 4) is 0 Å². The van der Waals surface area contributed by atoms with E-state index in [4.69, 9.17) is 16.3 Å². The van der Waals surface area contributed by atoms with Crippen LogP contribution in [0.3, 0.4) is 0 Å². The molecule has 4 rings (SSSR count). The summed E-state index contributed by atoms with van der Waals surface area (Å²) in [5.74, 6) is -1.30. The molecule has 0 bridgehead atoms. The smallest absolute Gasteiger partial charge is 0.227 e. The van der Waals surface area contributed by atoms with Crippen LogP contribution < -0.4 is 5.32 Å². The maximum Gasteiger partial charge on any atom is 0.227 e. The molecule has 11 heteroatoms. The number of hydrogen-bond acceptors (Lipinski definition) is 5. The van der Waals surface area contributed by atoms with Gasteiger partial charge in [0.25, 0.3) is 0 Å². The topological polar surface area (TPSA) is 95.9 Å². The van der Waals surface area contributed by atoms with Crippen molar-refractivity contribution in [1.82, 2.24) is 9.62 Å². The number of nitrogens with one attached hydrogen (secondary N) is 1. The Labute approximate surface area is 199 Å². The molecule has 4 aliphatic rings. The van der Waals surface area contributed by atoms with E-state index in [1.165, 1.54) is 4.31 Å². The van der Waals surface area contributed by atoms with Gasteiger partial charge >= 0.3 is 0 Å². The van der Waals surface area contributed by atoms with Crippen LogP contribution in [0.25, 0.3) is 0 Å². The fourth-order valence-electron chi connectivity index (χ4n) is 5.96. The number of carbonyl (C=O) groups is 1. The summed E-state index contributed by atoms with van der Waals surface area (Å²) in [6.45, 7) is -0.252. The van der Waals surface area contributed by atoms with Crippen LogP contribution in [0.5, 0.6) is 0 Å². The second kappa shape index (κ2) is 10.6. The first kappa shape index (κ1) is 25.5. The fourth-order valence-corrected chi connectivity index (χ4v) is 8.61. The molecule has 6 unspecified atom stereocenters. The van der Waals surface area contributed by atoms with E-state index in [1.807, 2.05) is 0 Å². The Morgan fingerprint density at radius 1 is 1.09 bits per heavy atom. The highest BCUT2D eigenvalue weighted by Gasteiger charge is 2.49. The molecular weight excluding hydrogens is 478 g/mol. The van der Waals surface area contributed by atoms with Crippen molar-refractivity contribution in [3.05, 3.63) is 0 Å². The molecule has 33 heavy (non-hydrogen) atoms. The van der Waals surface area contributed by atoms with Gasteiger partial charge in [0.05, 0.1) is 36.0 Å². The van der Waals surface area contributed by atoms with E-state index in [1.54, 1.807) is 0 Å². The van der Waals surface area contributed by atoms with Gasteiger partial charge in [0.2, 0.25) is 15.9 Å². The summed E-state index contributed by atoms with van der Waals surface area (Å²) in [5, 5.41) is 11.4. The van der Waals surface area contributed by atoms with E-state index in [9.17, 15) is 27.1 Å². The number of halogens is 3. The number of ether oxygens (including phenoxy) is 1. The molecule has 1 heterocycles. The summed E-state index contributed by atoms with van der Waals surface area (Å²) in [6.07, 6.45) is 0.794. The highest BCUT2D eigenvalue weighted by Crippen LogP contribution is 2.37. The van der Waals surface area contributed by atoms with E-state index >= 15 is 0 Å². The number of aliphatic hydroxyl groups is 1. The normalized spacial score (nSPS) is 43.0. The first-order valence-electron chi connectivity index (χ1n) is 12.2. The Hall–Kier alpha value is -0.550. The molecular formula is C22H35ClF2N2O5S. The van der Waals surface area contributed by atoms with E-state index < -0.39 is 57.0 Å². The Morgan fingerprint density at radius 2 is 1.82 bits per heavy atom. The third-order valence-corrected chi connectivity index (χ3v) is 10.7. The van der Waals surface area contributed by atoms with Gasteiger partial charge < -0.3 is 15.2 Å². The number of amides is 1. The maximum atomic E-state index is 14.4. The van der Waals surface area contributed by atoms with Crippen molar-refractivity contribution < 1.29 is 31.8 Å².